The summed E-state index contributed by atoms with van der Waals surface area (Å²) in [5, 5.41) is 8.88. The van der Waals surface area contributed by atoms with E-state index in [1.807, 2.05) is 31.3 Å². The Labute approximate surface area is 176 Å². The third-order valence-electron chi connectivity index (χ3n) is 5.04. The zero-order chi connectivity index (χ0) is 20.7. The molecule has 1 N–H and O–H groups in total. The SMILES string of the molecule is Cc1ccc(C(=O)NC2CC2)cc1-c1cnn(-c2cnc(-n3ccccc3=O)s2)c1. The highest BCUT2D eigenvalue weighted by molar-refractivity contribution is 7.16. The van der Waals surface area contributed by atoms with Crippen LogP contribution < -0.4 is 10.9 Å². The van der Waals surface area contributed by atoms with Crippen LogP contribution in [0.1, 0.15) is 28.8 Å². The van der Waals surface area contributed by atoms with Crippen molar-refractivity contribution in [2.75, 3.05) is 0 Å². The van der Waals surface area contributed by atoms with Gasteiger partial charge in [0, 0.05) is 35.6 Å². The maximum Gasteiger partial charge on any atom is 0.256 e. The fourth-order valence-corrected chi connectivity index (χ4v) is 4.05. The van der Waals surface area contributed by atoms with Gasteiger partial charge in [-0.3, -0.25) is 14.2 Å². The molecule has 0 saturated heterocycles. The lowest BCUT2D eigenvalue weighted by atomic mass is 10.0. The van der Waals surface area contributed by atoms with Gasteiger partial charge < -0.3 is 5.32 Å². The molecule has 1 fully saturated rings. The molecule has 7 nitrogen and oxygen atoms in total. The number of amides is 1. The summed E-state index contributed by atoms with van der Waals surface area (Å²) in [5.74, 6) is -0.0356. The molecule has 8 heteroatoms. The van der Waals surface area contributed by atoms with Gasteiger partial charge in [0.1, 0.15) is 5.00 Å². The van der Waals surface area contributed by atoms with Crippen molar-refractivity contribution < 1.29 is 4.79 Å². The predicted octanol–water partition coefficient (Wildman–Crippen LogP) is 3.35. The number of thiazole rings is 1. The van der Waals surface area contributed by atoms with Crippen LogP contribution in [0, 0.1) is 6.92 Å². The van der Waals surface area contributed by atoms with Crippen LogP contribution in [0.4, 0.5) is 0 Å². The van der Waals surface area contributed by atoms with Gasteiger partial charge in [0.2, 0.25) is 0 Å². The fourth-order valence-electron chi connectivity index (χ4n) is 3.21. The highest BCUT2D eigenvalue weighted by Gasteiger charge is 2.24. The Hall–Kier alpha value is -3.52. The summed E-state index contributed by atoms with van der Waals surface area (Å²) in [4.78, 5) is 28.8. The van der Waals surface area contributed by atoms with Gasteiger partial charge in [-0.25, -0.2) is 9.67 Å². The highest BCUT2D eigenvalue weighted by atomic mass is 32.1. The summed E-state index contributed by atoms with van der Waals surface area (Å²) < 4.78 is 3.24. The number of aryl methyl sites for hydroxylation is 1. The van der Waals surface area contributed by atoms with Crippen LogP contribution in [-0.2, 0) is 0 Å². The molecule has 1 aliphatic rings. The number of hydrogen-bond donors (Lipinski definition) is 1. The van der Waals surface area contributed by atoms with E-state index < -0.39 is 0 Å². The molecule has 4 aromatic rings. The second-order valence-electron chi connectivity index (χ2n) is 7.34. The van der Waals surface area contributed by atoms with E-state index in [0.29, 0.717) is 16.7 Å². The summed E-state index contributed by atoms with van der Waals surface area (Å²) in [6, 6.07) is 11.0. The molecule has 1 saturated carbocycles. The molecule has 150 valence electrons. The van der Waals surface area contributed by atoms with E-state index in [1.54, 1.807) is 35.4 Å². The largest absolute Gasteiger partial charge is 0.349 e. The smallest absolute Gasteiger partial charge is 0.256 e. The summed E-state index contributed by atoms with van der Waals surface area (Å²) in [6.07, 6.45) is 9.20. The molecule has 3 heterocycles. The van der Waals surface area contributed by atoms with Crippen LogP contribution in [0.2, 0.25) is 0 Å². The summed E-state index contributed by atoms with van der Waals surface area (Å²) in [5.41, 5.74) is 3.47. The molecule has 0 spiro atoms. The molecule has 0 unspecified atom stereocenters. The maximum absolute atomic E-state index is 12.4. The lowest BCUT2D eigenvalue weighted by molar-refractivity contribution is 0.0951. The second kappa shape index (κ2) is 7.38. The molecule has 0 aliphatic heterocycles. The molecule has 1 aliphatic carbocycles. The quantitative estimate of drug-likeness (QED) is 0.540. The van der Waals surface area contributed by atoms with Gasteiger partial charge in [-0.2, -0.15) is 5.10 Å². The van der Waals surface area contributed by atoms with Crippen LogP contribution in [0.5, 0.6) is 0 Å². The predicted molar refractivity (Wildman–Crippen MR) is 115 cm³/mol. The van der Waals surface area contributed by atoms with Crippen LogP contribution in [0.15, 0.2) is 66.0 Å². The Morgan fingerprint density at radius 1 is 1.20 bits per heavy atom. The van der Waals surface area contributed by atoms with Crippen molar-refractivity contribution in [1.82, 2.24) is 24.6 Å². The molecule has 1 aromatic carbocycles. The van der Waals surface area contributed by atoms with Crippen LogP contribution in [-0.4, -0.2) is 31.3 Å². The van der Waals surface area contributed by atoms with E-state index in [4.69, 9.17) is 0 Å². The molecule has 5 rings (SSSR count). The maximum atomic E-state index is 12.4. The van der Waals surface area contributed by atoms with Crippen molar-refractivity contribution in [2.24, 2.45) is 0 Å². The van der Waals surface area contributed by atoms with Crippen molar-refractivity contribution >= 4 is 17.2 Å². The van der Waals surface area contributed by atoms with Crippen LogP contribution in [0.3, 0.4) is 0 Å². The van der Waals surface area contributed by atoms with E-state index in [1.165, 1.54) is 22.0 Å². The monoisotopic (exact) mass is 417 g/mol. The number of rotatable bonds is 5. The van der Waals surface area contributed by atoms with Gasteiger partial charge in [0.05, 0.1) is 12.4 Å². The zero-order valence-corrected chi connectivity index (χ0v) is 17.1. The van der Waals surface area contributed by atoms with Crippen molar-refractivity contribution in [3.63, 3.8) is 0 Å². The lowest BCUT2D eigenvalue weighted by Crippen LogP contribution is -2.25. The molecule has 0 radical (unpaired) electrons. The summed E-state index contributed by atoms with van der Waals surface area (Å²) in [7, 11) is 0. The first-order valence-electron chi connectivity index (χ1n) is 9.69. The number of hydrogen-bond acceptors (Lipinski definition) is 5. The molecule has 3 aromatic heterocycles. The molecular formula is C22H19N5O2S. The minimum atomic E-state index is -0.128. The Balaban J connectivity index is 1.44. The van der Waals surface area contributed by atoms with Crippen LogP contribution >= 0.6 is 11.3 Å². The average Bonchev–Trinajstić information content (AvgIpc) is 3.22. The topological polar surface area (TPSA) is 81.8 Å². The van der Waals surface area contributed by atoms with E-state index in [2.05, 4.69) is 15.4 Å². The van der Waals surface area contributed by atoms with Gasteiger partial charge in [0.25, 0.3) is 11.5 Å². The number of carbonyl (C=O) groups is 1. The number of pyridine rings is 1. The summed E-state index contributed by atoms with van der Waals surface area (Å²) in [6.45, 7) is 2.02. The Morgan fingerprint density at radius 3 is 2.87 bits per heavy atom. The number of nitrogens with zero attached hydrogens (tertiary/aromatic N) is 4. The average molecular weight is 417 g/mol. The second-order valence-corrected chi connectivity index (χ2v) is 8.33. The molecular weight excluding hydrogens is 398 g/mol. The van der Waals surface area contributed by atoms with Gasteiger partial charge in [-0.15, -0.1) is 0 Å². The Kier molecular flexibility index (Phi) is 4.55. The van der Waals surface area contributed by atoms with E-state index in [0.717, 1.165) is 34.5 Å². The van der Waals surface area contributed by atoms with Gasteiger partial charge in [0.15, 0.2) is 5.13 Å². The Bertz CT molecular complexity index is 1300. The van der Waals surface area contributed by atoms with Gasteiger partial charge >= 0.3 is 0 Å². The van der Waals surface area contributed by atoms with Crippen molar-refractivity contribution in [2.45, 2.75) is 25.8 Å². The number of carbonyl (C=O) groups excluding carboxylic acids is 1. The molecule has 30 heavy (non-hydrogen) atoms. The van der Waals surface area contributed by atoms with Crippen molar-refractivity contribution in [1.29, 1.82) is 0 Å². The zero-order valence-electron chi connectivity index (χ0n) is 16.3. The van der Waals surface area contributed by atoms with E-state index in [9.17, 15) is 9.59 Å². The summed E-state index contributed by atoms with van der Waals surface area (Å²) >= 11 is 1.38. The van der Waals surface area contributed by atoms with E-state index in [-0.39, 0.29) is 11.5 Å². The highest BCUT2D eigenvalue weighted by Crippen LogP contribution is 2.27. The van der Waals surface area contributed by atoms with Crippen LogP contribution in [0.25, 0.3) is 21.3 Å². The third kappa shape index (κ3) is 3.57. The number of nitrogens with one attached hydrogen (secondary N) is 1. The van der Waals surface area contributed by atoms with Crippen molar-refractivity contribution in [3.05, 3.63) is 82.7 Å². The molecule has 0 bridgehead atoms. The standard InChI is InChI=1S/C22H19N5O2S/c1-14-5-6-15(21(29)25-17-7-8-17)10-18(14)16-11-24-27(13-16)20-12-23-22(30-20)26-9-3-2-4-19(26)28/h2-6,9-13,17H,7-8H2,1H3,(H,25,29). The minimum Gasteiger partial charge on any atom is -0.349 e. The minimum absolute atomic E-state index is 0.0356. The van der Waals surface area contributed by atoms with E-state index >= 15 is 0 Å². The number of benzene rings is 1. The molecule has 0 atom stereocenters. The normalized spacial score (nSPS) is 13.4. The third-order valence-corrected chi connectivity index (χ3v) is 6.03. The Morgan fingerprint density at radius 2 is 2.07 bits per heavy atom. The number of aromatic nitrogens is 4. The first-order valence-corrected chi connectivity index (χ1v) is 10.5. The lowest BCUT2D eigenvalue weighted by Gasteiger charge is -2.08. The van der Waals surface area contributed by atoms with Gasteiger partial charge in [-0.1, -0.05) is 23.5 Å². The van der Waals surface area contributed by atoms with Gasteiger partial charge in [-0.05, 0) is 49.1 Å². The first-order chi connectivity index (χ1) is 14.6. The van der Waals surface area contributed by atoms with Crippen molar-refractivity contribution in [3.8, 4) is 21.3 Å². The first kappa shape index (κ1) is 18.5. The fraction of sp³-hybridized carbons (Fsp3) is 0.182. The molecule has 1 amide bonds.